The molecule has 1 aliphatic heterocycles. The van der Waals surface area contributed by atoms with Crippen LogP contribution in [0.25, 0.3) is 0 Å². The highest BCUT2D eigenvalue weighted by molar-refractivity contribution is 5.89. The molecule has 0 aromatic heterocycles. The van der Waals surface area contributed by atoms with Crippen LogP contribution < -0.4 is 4.84 Å². The number of hydrogen-bond donors (Lipinski definition) is 1. The largest absolute Gasteiger partial charge is 0.481 e. The molecule has 1 unspecified atom stereocenters. The molecule has 0 fully saturated rings. The van der Waals surface area contributed by atoms with Crippen LogP contribution in [-0.4, -0.2) is 17.3 Å². The molecule has 4 heteroatoms. The number of oxime groups is 1. The van der Waals surface area contributed by atoms with E-state index in [1.165, 1.54) is 6.21 Å². The van der Waals surface area contributed by atoms with Gasteiger partial charge in [0.15, 0.2) is 5.75 Å². The Bertz CT molecular complexity index is 387. The van der Waals surface area contributed by atoms with E-state index < -0.39 is 11.9 Å². The van der Waals surface area contributed by atoms with E-state index in [4.69, 9.17) is 9.94 Å². The van der Waals surface area contributed by atoms with Gasteiger partial charge in [-0.05, 0) is 18.1 Å². The molecule has 0 aliphatic carbocycles. The minimum atomic E-state index is -0.881. The van der Waals surface area contributed by atoms with Gasteiger partial charge in [-0.3, -0.25) is 4.79 Å². The predicted molar refractivity (Wildman–Crippen MR) is 50.4 cm³/mol. The van der Waals surface area contributed by atoms with E-state index in [2.05, 4.69) is 5.16 Å². The van der Waals surface area contributed by atoms with Gasteiger partial charge < -0.3 is 9.94 Å². The number of carboxylic acid groups (broad SMARTS) is 1. The lowest BCUT2D eigenvalue weighted by Crippen LogP contribution is -2.16. The lowest BCUT2D eigenvalue weighted by Gasteiger charge is -2.04. The molecule has 1 aliphatic rings. The third kappa shape index (κ3) is 1.59. The van der Waals surface area contributed by atoms with Gasteiger partial charge in [0.1, 0.15) is 0 Å². The van der Waals surface area contributed by atoms with Gasteiger partial charge in [-0.25, -0.2) is 0 Å². The lowest BCUT2D eigenvalue weighted by atomic mass is 10.0. The van der Waals surface area contributed by atoms with E-state index in [9.17, 15) is 4.79 Å². The molecule has 72 valence electrons. The van der Waals surface area contributed by atoms with Gasteiger partial charge in [-0.2, -0.15) is 0 Å². The maximum Gasteiger partial charge on any atom is 0.312 e. The van der Waals surface area contributed by atoms with E-state index >= 15 is 0 Å². The summed E-state index contributed by atoms with van der Waals surface area (Å²) < 4.78 is 0. The van der Waals surface area contributed by atoms with Gasteiger partial charge in [0.05, 0.1) is 12.1 Å². The van der Waals surface area contributed by atoms with Crippen molar-refractivity contribution in [3.8, 4) is 5.75 Å². The minimum Gasteiger partial charge on any atom is -0.481 e. The van der Waals surface area contributed by atoms with Crippen LogP contribution >= 0.6 is 0 Å². The molecule has 1 atom stereocenters. The summed E-state index contributed by atoms with van der Waals surface area (Å²) in [6, 6.07) is 7.30. The molecule has 2 rings (SSSR count). The third-order valence-electron chi connectivity index (χ3n) is 2.12. The Balaban J connectivity index is 2.33. The average molecular weight is 191 g/mol. The van der Waals surface area contributed by atoms with Crippen LogP contribution in [0.1, 0.15) is 5.56 Å². The molecule has 1 aromatic rings. The molecule has 1 heterocycles. The van der Waals surface area contributed by atoms with Crippen LogP contribution in [0, 0.1) is 5.92 Å². The zero-order valence-electron chi connectivity index (χ0n) is 7.38. The zero-order valence-corrected chi connectivity index (χ0v) is 7.38. The number of nitrogens with zero attached hydrogens (tertiary/aromatic N) is 1. The quantitative estimate of drug-likeness (QED) is 0.728. The number of carboxylic acids is 1. The molecular formula is C10H9NO3. The van der Waals surface area contributed by atoms with Crippen molar-refractivity contribution < 1.29 is 14.7 Å². The minimum absolute atomic E-state index is 0.426. The molecular weight excluding hydrogens is 182 g/mol. The highest BCUT2D eigenvalue weighted by Crippen LogP contribution is 2.23. The van der Waals surface area contributed by atoms with Crippen molar-refractivity contribution in [2.75, 3.05) is 0 Å². The smallest absolute Gasteiger partial charge is 0.312 e. The first-order valence-corrected chi connectivity index (χ1v) is 4.28. The Hall–Kier alpha value is -1.84. The SMILES string of the molecule is O=C(O)C1C=NOc2ccccc2C1. The second-order valence-corrected chi connectivity index (χ2v) is 3.10. The average Bonchev–Trinajstić information content (AvgIpc) is 2.39. The Labute approximate surface area is 80.8 Å². The van der Waals surface area contributed by atoms with E-state index in [-0.39, 0.29) is 0 Å². The summed E-state index contributed by atoms with van der Waals surface area (Å²) in [7, 11) is 0. The summed E-state index contributed by atoms with van der Waals surface area (Å²) in [5.41, 5.74) is 0.873. The van der Waals surface area contributed by atoms with Gasteiger partial charge in [0.2, 0.25) is 0 Å². The summed E-state index contributed by atoms with van der Waals surface area (Å²) in [4.78, 5) is 15.8. The fourth-order valence-electron chi connectivity index (χ4n) is 1.36. The zero-order chi connectivity index (χ0) is 9.97. The predicted octanol–water partition coefficient (Wildman–Crippen LogP) is 1.31. The van der Waals surface area contributed by atoms with Crippen molar-refractivity contribution >= 4 is 12.2 Å². The molecule has 1 aromatic carbocycles. The number of para-hydroxylation sites is 1. The summed E-state index contributed by atoms with van der Waals surface area (Å²) in [6.07, 6.45) is 1.75. The molecule has 14 heavy (non-hydrogen) atoms. The van der Waals surface area contributed by atoms with Crippen LogP contribution in [0.5, 0.6) is 5.75 Å². The Morgan fingerprint density at radius 2 is 2.29 bits per heavy atom. The topological polar surface area (TPSA) is 58.9 Å². The molecule has 0 amide bonds. The van der Waals surface area contributed by atoms with Gasteiger partial charge in [0.25, 0.3) is 0 Å². The number of benzene rings is 1. The van der Waals surface area contributed by atoms with Crippen molar-refractivity contribution in [3.05, 3.63) is 29.8 Å². The first-order chi connectivity index (χ1) is 6.77. The van der Waals surface area contributed by atoms with E-state index in [0.717, 1.165) is 5.56 Å². The maximum absolute atomic E-state index is 10.8. The van der Waals surface area contributed by atoms with Crippen molar-refractivity contribution in [3.63, 3.8) is 0 Å². The van der Waals surface area contributed by atoms with Crippen molar-refractivity contribution in [1.82, 2.24) is 0 Å². The normalized spacial score (nSPS) is 19.3. The van der Waals surface area contributed by atoms with Crippen LogP contribution in [0.3, 0.4) is 0 Å². The molecule has 0 bridgehead atoms. The molecule has 1 N–H and O–H groups in total. The van der Waals surface area contributed by atoms with Crippen LogP contribution in [0.2, 0.25) is 0 Å². The maximum atomic E-state index is 10.8. The van der Waals surface area contributed by atoms with Crippen LogP contribution in [-0.2, 0) is 11.2 Å². The van der Waals surface area contributed by atoms with Gasteiger partial charge in [-0.15, -0.1) is 0 Å². The fourth-order valence-corrected chi connectivity index (χ4v) is 1.36. The summed E-state index contributed by atoms with van der Waals surface area (Å²) in [5.74, 6) is -0.847. The van der Waals surface area contributed by atoms with Gasteiger partial charge in [-0.1, -0.05) is 23.4 Å². The first-order valence-electron chi connectivity index (χ1n) is 4.28. The monoisotopic (exact) mass is 191 g/mol. The van der Waals surface area contributed by atoms with E-state index in [0.29, 0.717) is 12.2 Å². The van der Waals surface area contributed by atoms with Gasteiger partial charge >= 0.3 is 5.97 Å². The molecule has 4 nitrogen and oxygen atoms in total. The van der Waals surface area contributed by atoms with Gasteiger partial charge in [0, 0.05) is 0 Å². The molecule has 0 saturated carbocycles. The number of aliphatic carboxylic acids is 1. The summed E-state index contributed by atoms with van der Waals surface area (Å²) in [6.45, 7) is 0. The molecule has 0 spiro atoms. The highest BCUT2D eigenvalue weighted by Gasteiger charge is 2.20. The van der Waals surface area contributed by atoms with Crippen molar-refractivity contribution in [1.29, 1.82) is 0 Å². The fraction of sp³-hybridized carbons (Fsp3) is 0.200. The number of fused-ring (bicyclic) bond motifs is 1. The summed E-state index contributed by atoms with van der Waals surface area (Å²) >= 11 is 0. The molecule has 0 saturated heterocycles. The van der Waals surface area contributed by atoms with Crippen molar-refractivity contribution in [2.24, 2.45) is 11.1 Å². The van der Waals surface area contributed by atoms with Crippen LogP contribution in [0.4, 0.5) is 0 Å². The second kappa shape index (κ2) is 3.49. The molecule has 0 radical (unpaired) electrons. The van der Waals surface area contributed by atoms with E-state index in [1.807, 2.05) is 18.2 Å². The number of carbonyl (C=O) groups is 1. The first kappa shape index (κ1) is 8.74. The highest BCUT2D eigenvalue weighted by atomic mass is 16.6. The second-order valence-electron chi connectivity index (χ2n) is 3.10. The third-order valence-corrected chi connectivity index (χ3v) is 2.12. The van der Waals surface area contributed by atoms with Crippen LogP contribution in [0.15, 0.2) is 29.4 Å². The lowest BCUT2D eigenvalue weighted by molar-refractivity contribution is -0.139. The Morgan fingerprint density at radius 3 is 3.07 bits per heavy atom. The Morgan fingerprint density at radius 1 is 1.50 bits per heavy atom. The summed E-state index contributed by atoms with van der Waals surface area (Å²) in [5, 5.41) is 12.5. The number of rotatable bonds is 1. The van der Waals surface area contributed by atoms with Crippen molar-refractivity contribution in [2.45, 2.75) is 6.42 Å². The van der Waals surface area contributed by atoms with E-state index in [1.54, 1.807) is 6.07 Å². The number of hydrogen-bond acceptors (Lipinski definition) is 3. The standard InChI is InChI=1S/C10H9NO3/c12-10(13)8-5-7-3-1-2-4-9(7)14-11-6-8/h1-4,6,8H,5H2,(H,12,13). The Kier molecular flexibility index (Phi) is 2.18.